The molecule has 1 amide bonds. The van der Waals surface area contributed by atoms with Crippen LogP contribution in [0.5, 0.6) is 0 Å². The second-order valence-corrected chi connectivity index (χ2v) is 20.3. The Morgan fingerprint density at radius 1 is 0.750 bits per heavy atom. The molecule has 1 aliphatic heterocycles. The number of carbonyl (C=O) groups is 6. The predicted octanol–water partition coefficient (Wildman–Crippen LogP) is 7.51. The van der Waals surface area contributed by atoms with Gasteiger partial charge in [0.05, 0.1) is 54.6 Å². The zero-order valence-electron chi connectivity index (χ0n) is 46.1. The number of rotatable bonds is 29. The van der Waals surface area contributed by atoms with Gasteiger partial charge in [0, 0.05) is 58.5 Å². The maximum absolute atomic E-state index is 13.6. The Kier molecular flexibility index (Phi) is 22.6. The summed E-state index contributed by atoms with van der Waals surface area (Å²) in [5.41, 5.74) is 0.808. The monoisotopic (exact) mass is 1100 g/mol. The topological polar surface area (TPSA) is 258 Å². The third-order valence-corrected chi connectivity index (χ3v) is 13.9. The average Bonchev–Trinajstić information content (AvgIpc) is 4.14. The van der Waals surface area contributed by atoms with Gasteiger partial charge in [-0.3, -0.25) is 23.9 Å². The second kappa shape index (κ2) is 30.1. The van der Waals surface area contributed by atoms with E-state index in [2.05, 4.69) is 25.3 Å². The summed E-state index contributed by atoms with van der Waals surface area (Å²) in [6, 6.07) is 25.6. The van der Waals surface area contributed by atoms with Crippen molar-refractivity contribution in [2.24, 2.45) is 16.8 Å². The molecule has 9 atom stereocenters. The van der Waals surface area contributed by atoms with Crippen molar-refractivity contribution in [2.75, 3.05) is 40.5 Å². The van der Waals surface area contributed by atoms with Gasteiger partial charge in [0.25, 0.3) is 5.56 Å². The normalized spacial score (nSPS) is 21.7. The summed E-state index contributed by atoms with van der Waals surface area (Å²) >= 11 is 0. The van der Waals surface area contributed by atoms with Crippen LogP contribution in [-0.4, -0.2) is 143 Å². The lowest BCUT2D eigenvalue weighted by molar-refractivity contribution is -0.158. The number of aromatic amines is 1. The molecule has 2 aromatic heterocycles. The lowest BCUT2D eigenvalue weighted by Gasteiger charge is -2.44. The van der Waals surface area contributed by atoms with E-state index in [1.54, 1.807) is 115 Å². The number of H-pyrrole nitrogens is 1. The van der Waals surface area contributed by atoms with Crippen molar-refractivity contribution in [2.45, 2.75) is 134 Å². The zero-order chi connectivity index (χ0) is 57.0. The Morgan fingerprint density at radius 3 is 2.00 bits per heavy atom. The summed E-state index contributed by atoms with van der Waals surface area (Å²) in [4.78, 5) is 108. The number of aliphatic imine (C=N–C) groups is 1. The SMILES string of the molecule is CC[C@H]1O[C@@H](n2cnc3c(=O)[nH]c(/N=C/N(C)C)nc32)[C@@H](OCCCCCCNC(=O)CCCCO[C@@H]2C[C@H](COC(=O)c3ccccc3)[C@H](OC(=O)c3ccccc3)[C@H](OC(=O)c3ccccc3)[C@H]2C)C1OC(=O)CCC(C)=O. The molecule has 2 aliphatic rings. The van der Waals surface area contributed by atoms with Crippen LogP contribution in [0.3, 0.4) is 0 Å². The number of unbranched alkanes of at least 4 members (excludes halogenated alkanes) is 4. The first-order chi connectivity index (χ1) is 38.7. The number of ether oxygens (including phenoxy) is 7. The standard InChI is InChI=1S/C59H73N7O14/c1-6-44-51(78-47(69)30-29-38(2)67)52(55(77-44)66-37-61-48-53(66)63-59(64-54(48)70)62-36-65(4)5)75-33-20-8-7-19-31-60-46(68)28-18-21-32-74-45-34-43(35-76-56(71)40-22-12-9-13-23-40)50(80-58(73)42-26-16-11-17-27-42)49(39(45)3)79-57(72)41-24-14-10-15-25-41/h9-17,22-27,36-37,39,43-45,49-52,55H,6-8,18-21,28-35H2,1-5H3,(H,60,68)(H,63,64,70)/b62-36+/t39-,43+,44+,45+,49+,50-,51?,52-,55+/m0/s1. The first-order valence-corrected chi connectivity index (χ1v) is 27.5. The van der Waals surface area contributed by atoms with Crippen LogP contribution in [0.4, 0.5) is 5.95 Å². The van der Waals surface area contributed by atoms with Crippen molar-refractivity contribution in [3.8, 4) is 0 Å². The molecule has 1 aliphatic carbocycles. The highest BCUT2D eigenvalue weighted by Gasteiger charge is 2.50. The van der Waals surface area contributed by atoms with E-state index in [-0.39, 0.29) is 54.7 Å². The molecule has 3 aromatic carbocycles. The van der Waals surface area contributed by atoms with Gasteiger partial charge < -0.3 is 48.2 Å². The Bertz CT molecular complexity index is 2920. The van der Waals surface area contributed by atoms with E-state index in [9.17, 15) is 33.6 Å². The van der Waals surface area contributed by atoms with Crippen molar-refractivity contribution >= 4 is 59.0 Å². The molecule has 5 aromatic rings. The quantitative estimate of drug-likeness (QED) is 0.0154. The zero-order valence-corrected chi connectivity index (χ0v) is 46.1. The average molecular weight is 1100 g/mol. The molecule has 1 saturated heterocycles. The summed E-state index contributed by atoms with van der Waals surface area (Å²) in [5, 5.41) is 3.01. The second-order valence-electron chi connectivity index (χ2n) is 20.3. The predicted molar refractivity (Wildman–Crippen MR) is 294 cm³/mol. The van der Waals surface area contributed by atoms with E-state index in [0.717, 1.165) is 19.3 Å². The summed E-state index contributed by atoms with van der Waals surface area (Å²) in [6.45, 7) is 6.14. The Balaban J connectivity index is 0.887. The Hall–Kier alpha value is -7.62. The van der Waals surface area contributed by atoms with Crippen LogP contribution in [0.15, 0.2) is 107 Å². The molecule has 0 spiro atoms. The molecule has 21 nitrogen and oxygen atoms in total. The van der Waals surface area contributed by atoms with Gasteiger partial charge in [-0.25, -0.2) is 24.4 Å². The van der Waals surface area contributed by atoms with Crippen LogP contribution in [0.25, 0.3) is 11.2 Å². The molecular formula is C59H73N7O14. The minimum absolute atomic E-state index is 0.0428. The van der Waals surface area contributed by atoms with Gasteiger partial charge in [0.2, 0.25) is 11.9 Å². The number of nitrogens with one attached hydrogen (secondary N) is 2. The number of hydrogen-bond donors (Lipinski definition) is 2. The van der Waals surface area contributed by atoms with E-state index in [1.165, 1.54) is 19.6 Å². The lowest BCUT2D eigenvalue weighted by atomic mass is 9.76. The highest BCUT2D eigenvalue weighted by atomic mass is 16.6. The van der Waals surface area contributed by atoms with E-state index in [4.69, 9.17) is 33.2 Å². The maximum atomic E-state index is 13.6. The number of imidazole rings is 1. The molecule has 1 saturated carbocycles. The molecule has 2 fully saturated rings. The number of esters is 4. The van der Waals surface area contributed by atoms with Gasteiger partial charge in [-0.05, 0) is 81.8 Å². The van der Waals surface area contributed by atoms with E-state index < -0.39 is 84.1 Å². The van der Waals surface area contributed by atoms with Crippen molar-refractivity contribution < 1.29 is 61.9 Å². The number of benzene rings is 3. The molecule has 80 heavy (non-hydrogen) atoms. The number of ketones is 1. The molecule has 7 rings (SSSR count). The van der Waals surface area contributed by atoms with Crippen LogP contribution in [-0.2, 0) is 47.5 Å². The van der Waals surface area contributed by atoms with Gasteiger partial charge in [-0.15, -0.1) is 0 Å². The third-order valence-electron chi connectivity index (χ3n) is 13.9. The fourth-order valence-corrected chi connectivity index (χ4v) is 9.66. The van der Waals surface area contributed by atoms with E-state index >= 15 is 0 Å². The fourth-order valence-electron chi connectivity index (χ4n) is 9.66. The largest absolute Gasteiger partial charge is 0.462 e. The van der Waals surface area contributed by atoms with Crippen molar-refractivity contribution in [1.29, 1.82) is 0 Å². The first kappa shape index (κ1) is 60.0. The molecular weight excluding hydrogens is 1030 g/mol. The highest BCUT2D eigenvalue weighted by molar-refractivity contribution is 5.91. The minimum atomic E-state index is -0.984. The van der Waals surface area contributed by atoms with Crippen LogP contribution < -0.4 is 10.9 Å². The van der Waals surface area contributed by atoms with Crippen LogP contribution >= 0.6 is 0 Å². The molecule has 2 N–H and O–H groups in total. The first-order valence-electron chi connectivity index (χ1n) is 27.5. The Morgan fingerprint density at radius 2 is 1.36 bits per heavy atom. The molecule has 0 radical (unpaired) electrons. The van der Waals surface area contributed by atoms with Crippen LogP contribution in [0.1, 0.15) is 129 Å². The molecule has 21 heteroatoms. The smallest absolute Gasteiger partial charge is 0.338 e. The summed E-state index contributed by atoms with van der Waals surface area (Å²) in [7, 11) is 3.57. The molecule has 428 valence electrons. The summed E-state index contributed by atoms with van der Waals surface area (Å²) in [5.74, 6) is -3.51. The maximum Gasteiger partial charge on any atom is 0.338 e. The third kappa shape index (κ3) is 16.9. The number of hydrogen-bond acceptors (Lipinski definition) is 17. The number of Topliss-reactive ketones (excluding diaryl/α,β-unsaturated/α-hetero) is 1. The van der Waals surface area contributed by atoms with Crippen molar-refractivity contribution in [1.82, 2.24) is 29.7 Å². The number of aromatic nitrogens is 4. The van der Waals surface area contributed by atoms with E-state index in [1.807, 2.05) is 13.8 Å². The van der Waals surface area contributed by atoms with Gasteiger partial charge in [0.15, 0.2) is 23.5 Å². The number of nitrogens with zero attached hydrogens (tertiary/aromatic N) is 5. The van der Waals surface area contributed by atoms with Gasteiger partial charge in [-0.1, -0.05) is 81.3 Å². The molecule has 1 unspecified atom stereocenters. The minimum Gasteiger partial charge on any atom is -0.462 e. The molecule has 3 heterocycles. The highest BCUT2D eigenvalue weighted by Crippen LogP contribution is 2.39. The number of fused-ring (bicyclic) bond motifs is 1. The van der Waals surface area contributed by atoms with Crippen molar-refractivity contribution in [3.63, 3.8) is 0 Å². The molecule has 0 bridgehead atoms. The fraction of sp³-hybridized carbons (Fsp3) is 0.492. The van der Waals surface area contributed by atoms with Gasteiger partial charge in [-0.2, -0.15) is 4.98 Å². The summed E-state index contributed by atoms with van der Waals surface area (Å²) < 4.78 is 45.1. The van der Waals surface area contributed by atoms with Gasteiger partial charge in [0.1, 0.15) is 24.1 Å². The van der Waals surface area contributed by atoms with Crippen LogP contribution in [0, 0.1) is 11.8 Å². The van der Waals surface area contributed by atoms with Gasteiger partial charge >= 0.3 is 23.9 Å². The number of amides is 1. The lowest BCUT2D eigenvalue weighted by Crippen LogP contribution is -2.54. The van der Waals surface area contributed by atoms with Crippen LogP contribution in [0.2, 0.25) is 0 Å². The number of carbonyl (C=O) groups excluding carboxylic acids is 6. The Labute approximate surface area is 465 Å². The van der Waals surface area contributed by atoms with Crippen molar-refractivity contribution in [3.05, 3.63) is 124 Å². The summed E-state index contributed by atoms with van der Waals surface area (Å²) in [6.07, 6.45) is 2.60. The van der Waals surface area contributed by atoms with E-state index in [0.29, 0.717) is 68.6 Å².